The van der Waals surface area contributed by atoms with Crippen LogP contribution in [0.2, 0.25) is 0 Å². The first-order valence-electron chi connectivity index (χ1n) is 4.86. The highest BCUT2D eigenvalue weighted by Crippen LogP contribution is 1.97. The van der Waals surface area contributed by atoms with Gasteiger partial charge in [-0.3, -0.25) is 0 Å². The third-order valence-electron chi connectivity index (χ3n) is 2.12. The van der Waals surface area contributed by atoms with Gasteiger partial charge in [0.05, 0.1) is 0 Å². The Balaban J connectivity index is 3.80. The van der Waals surface area contributed by atoms with E-state index in [1.807, 2.05) is 6.92 Å². The lowest BCUT2D eigenvalue weighted by Gasteiger charge is -2.13. The van der Waals surface area contributed by atoms with E-state index >= 15 is 0 Å². The SMILES string of the molecule is CCC(CCO)NC/C=C(/C)C(=O)O. The van der Waals surface area contributed by atoms with Gasteiger partial charge in [0.15, 0.2) is 0 Å². The van der Waals surface area contributed by atoms with Gasteiger partial charge in [0, 0.05) is 24.8 Å². The number of carboxylic acid groups (broad SMARTS) is 1. The molecule has 0 aromatic heterocycles. The van der Waals surface area contributed by atoms with Gasteiger partial charge in [0.2, 0.25) is 0 Å². The number of aliphatic carboxylic acids is 1. The summed E-state index contributed by atoms with van der Waals surface area (Å²) in [6, 6.07) is 0.262. The van der Waals surface area contributed by atoms with Crippen LogP contribution in [0.4, 0.5) is 0 Å². The maximum absolute atomic E-state index is 10.4. The van der Waals surface area contributed by atoms with Crippen LogP contribution in [0.3, 0.4) is 0 Å². The zero-order valence-electron chi connectivity index (χ0n) is 8.79. The summed E-state index contributed by atoms with van der Waals surface area (Å²) >= 11 is 0. The second-order valence-corrected chi connectivity index (χ2v) is 3.22. The molecule has 0 aromatic carbocycles. The first-order valence-corrected chi connectivity index (χ1v) is 4.86. The summed E-state index contributed by atoms with van der Waals surface area (Å²) in [4.78, 5) is 10.4. The topological polar surface area (TPSA) is 69.6 Å². The van der Waals surface area contributed by atoms with Crippen LogP contribution in [0.25, 0.3) is 0 Å². The third-order valence-corrected chi connectivity index (χ3v) is 2.12. The predicted molar refractivity (Wildman–Crippen MR) is 55.2 cm³/mol. The summed E-state index contributed by atoms with van der Waals surface area (Å²) in [7, 11) is 0. The average molecular weight is 201 g/mol. The largest absolute Gasteiger partial charge is 0.478 e. The van der Waals surface area contributed by atoms with E-state index in [1.54, 1.807) is 13.0 Å². The molecule has 0 aliphatic heterocycles. The molecule has 4 nitrogen and oxygen atoms in total. The Morgan fingerprint density at radius 3 is 2.64 bits per heavy atom. The summed E-state index contributed by atoms with van der Waals surface area (Å²) in [5.41, 5.74) is 0.344. The lowest BCUT2D eigenvalue weighted by Crippen LogP contribution is -2.29. The number of nitrogens with one attached hydrogen (secondary N) is 1. The van der Waals surface area contributed by atoms with Gasteiger partial charge in [-0.2, -0.15) is 0 Å². The average Bonchev–Trinajstić information content (AvgIpc) is 2.16. The molecule has 0 saturated carbocycles. The molecule has 82 valence electrons. The molecule has 0 spiro atoms. The predicted octanol–water partition coefficient (Wildman–Crippen LogP) is 0.768. The fraction of sp³-hybridized carbons (Fsp3) is 0.700. The number of rotatable bonds is 7. The standard InChI is InChI=1S/C10H19NO3/c1-3-9(5-7-12)11-6-4-8(2)10(13)14/h4,9,11-12H,3,5-7H2,1-2H3,(H,13,14)/b8-4-. The van der Waals surface area contributed by atoms with Gasteiger partial charge < -0.3 is 15.5 Å². The molecule has 0 rings (SSSR count). The van der Waals surface area contributed by atoms with Crippen LogP contribution in [-0.2, 0) is 4.79 Å². The van der Waals surface area contributed by atoms with Gasteiger partial charge in [0.25, 0.3) is 0 Å². The molecule has 3 N–H and O–H groups in total. The van der Waals surface area contributed by atoms with Crippen LogP contribution in [0.5, 0.6) is 0 Å². The number of hydrogen-bond donors (Lipinski definition) is 3. The number of carbonyl (C=O) groups is 1. The molecule has 0 fully saturated rings. The highest BCUT2D eigenvalue weighted by molar-refractivity contribution is 5.85. The van der Waals surface area contributed by atoms with Gasteiger partial charge in [-0.15, -0.1) is 0 Å². The van der Waals surface area contributed by atoms with Crippen LogP contribution in [-0.4, -0.2) is 35.4 Å². The number of hydrogen-bond acceptors (Lipinski definition) is 3. The van der Waals surface area contributed by atoms with Gasteiger partial charge in [-0.05, 0) is 19.8 Å². The summed E-state index contributed by atoms with van der Waals surface area (Å²) in [6.07, 6.45) is 3.28. The number of aliphatic hydroxyl groups is 1. The van der Waals surface area contributed by atoms with Gasteiger partial charge >= 0.3 is 5.97 Å². The second kappa shape index (κ2) is 7.53. The maximum Gasteiger partial charge on any atom is 0.330 e. The van der Waals surface area contributed by atoms with Crippen molar-refractivity contribution in [3.05, 3.63) is 11.6 Å². The second-order valence-electron chi connectivity index (χ2n) is 3.22. The van der Waals surface area contributed by atoms with E-state index in [0.717, 1.165) is 6.42 Å². The van der Waals surface area contributed by atoms with Gasteiger partial charge in [0.1, 0.15) is 0 Å². The molecule has 0 bridgehead atoms. The van der Waals surface area contributed by atoms with E-state index in [2.05, 4.69) is 5.32 Å². The fourth-order valence-corrected chi connectivity index (χ4v) is 1.07. The molecule has 0 aliphatic rings. The van der Waals surface area contributed by atoms with Crippen molar-refractivity contribution in [3.8, 4) is 0 Å². The van der Waals surface area contributed by atoms with Crippen molar-refractivity contribution < 1.29 is 15.0 Å². The molecule has 0 aliphatic carbocycles. The minimum atomic E-state index is -0.887. The van der Waals surface area contributed by atoms with Crippen molar-refractivity contribution >= 4 is 5.97 Å². The zero-order valence-corrected chi connectivity index (χ0v) is 8.79. The Morgan fingerprint density at radius 2 is 2.21 bits per heavy atom. The Kier molecular flexibility index (Phi) is 7.06. The Morgan fingerprint density at radius 1 is 1.57 bits per heavy atom. The van der Waals surface area contributed by atoms with Crippen LogP contribution >= 0.6 is 0 Å². The van der Waals surface area contributed by atoms with Crippen molar-refractivity contribution in [1.82, 2.24) is 5.32 Å². The van der Waals surface area contributed by atoms with Crippen molar-refractivity contribution in [3.63, 3.8) is 0 Å². The van der Waals surface area contributed by atoms with Crippen LogP contribution in [0.1, 0.15) is 26.7 Å². The lowest BCUT2D eigenvalue weighted by molar-refractivity contribution is -0.132. The van der Waals surface area contributed by atoms with E-state index in [1.165, 1.54) is 0 Å². The lowest BCUT2D eigenvalue weighted by atomic mass is 10.1. The van der Waals surface area contributed by atoms with Crippen LogP contribution in [0.15, 0.2) is 11.6 Å². The van der Waals surface area contributed by atoms with Gasteiger partial charge in [-0.25, -0.2) is 4.79 Å². The number of carboxylic acids is 1. The smallest absolute Gasteiger partial charge is 0.330 e. The molecule has 1 atom stereocenters. The molecular formula is C10H19NO3. The molecule has 14 heavy (non-hydrogen) atoms. The molecule has 0 amide bonds. The molecule has 0 aromatic rings. The van der Waals surface area contributed by atoms with E-state index in [9.17, 15) is 4.79 Å². The zero-order chi connectivity index (χ0) is 11.0. The van der Waals surface area contributed by atoms with Crippen molar-refractivity contribution in [2.45, 2.75) is 32.7 Å². The van der Waals surface area contributed by atoms with Gasteiger partial charge in [-0.1, -0.05) is 13.0 Å². The van der Waals surface area contributed by atoms with E-state index in [-0.39, 0.29) is 12.6 Å². The minimum Gasteiger partial charge on any atom is -0.478 e. The Hall–Kier alpha value is -0.870. The minimum absolute atomic E-state index is 0.160. The normalized spacial score (nSPS) is 14.1. The Bertz CT molecular complexity index is 202. The first kappa shape index (κ1) is 13.1. The summed E-state index contributed by atoms with van der Waals surface area (Å²) in [6.45, 7) is 4.29. The maximum atomic E-state index is 10.4. The molecule has 0 heterocycles. The first-order chi connectivity index (χ1) is 6.61. The molecule has 0 radical (unpaired) electrons. The molecule has 1 unspecified atom stereocenters. The highest BCUT2D eigenvalue weighted by atomic mass is 16.4. The molecule has 0 saturated heterocycles. The third kappa shape index (κ3) is 5.72. The quantitative estimate of drug-likeness (QED) is 0.532. The summed E-state index contributed by atoms with van der Waals surface area (Å²) < 4.78 is 0. The van der Waals surface area contributed by atoms with Crippen molar-refractivity contribution in [2.75, 3.05) is 13.2 Å². The number of aliphatic hydroxyl groups excluding tert-OH is 1. The fourth-order valence-electron chi connectivity index (χ4n) is 1.07. The molecular weight excluding hydrogens is 182 g/mol. The van der Waals surface area contributed by atoms with E-state index in [4.69, 9.17) is 10.2 Å². The summed E-state index contributed by atoms with van der Waals surface area (Å²) in [5, 5.41) is 20.4. The summed E-state index contributed by atoms with van der Waals surface area (Å²) in [5.74, 6) is -0.887. The van der Waals surface area contributed by atoms with Crippen LogP contribution < -0.4 is 5.32 Å². The van der Waals surface area contributed by atoms with Crippen molar-refractivity contribution in [1.29, 1.82) is 0 Å². The monoisotopic (exact) mass is 201 g/mol. The van der Waals surface area contributed by atoms with E-state index < -0.39 is 5.97 Å². The van der Waals surface area contributed by atoms with E-state index in [0.29, 0.717) is 18.5 Å². The van der Waals surface area contributed by atoms with Crippen LogP contribution in [0, 0.1) is 0 Å². The molecule has 4 heteroatoms. The van der Waals surface area contributed by atoms with Crippen molar-refractivity contribution in [2.24, 2.45) is 0 Å². The highest BCUT2D eigenvalue weighted by Gasteiger charge is 2.03. The Labute approximate surface area is 84.6 Å².